The molecule has 0 bridgehead atoms. The molecule has 2 aromatic heterocycles. The van der Waals surface area contributed by atoms with Crippen molar-refractivity contribution in [1.82, 2.24) is 14.6 Å². The summed E-state index contributed by atoms with van der Waals surface area (Å²) in [5, 5.41) is 17.5. The van der Waals surface area contributed by atoms with Crippen LogP contribution >= 0.6 is 0 Å². The SMILES string of the molecule is O=C(O)c1cc2ccccc2n2cnnc12. The number of aromatic nitrogens is 3. The number of rotatable bonds is 1. The van der Waals surface area contributed by atoms with Gasteiger partial charge < -0.3 is 5.11 Å². The second kappa shape index (κ2) is 3.03. The molecule has 16 heavy (non-hydrogen) atoms. The Morgan fingerprint density at radius 2 is 2.12 bits per heavy atom. The summed E-state index contributed by atoms with van der Waals surface area (Å²) in [5.74, 6) is -0.997. The highest BCUT2D eigenvalue weighted by molar-refractivity contribution is 5.99. The molecular weight excluding hydrogens is 206 g/mol. The van der Waals surface area contributed by atoms with Crippen molar-refractivity contribution in [2.75, 3.05) is 0 Å². The number of carbonyl (C=O) groups is 1. The third-order valence-corrected chi connectivity index (χ3v) is 2.52. The first-order chi connectivity index (χ1) is 7.77. The topological polar surface area (TPSA) is 67.5 Å². The molecule has 0 aliphatic rings. The number of hydrogen-bond donors (Lipinski definition) is 1. The third kappa shape index (κ3) is 1.08. The zero-order valence-corrected chi connectivity index (χ0v) is 8.16. The Morgan fingerprint density at radius 1 is 1.31 bits per heavy atom. The minimum Gasteiger partial charge on any atom is -0.478 e. The standard InChI is InChI=1S/C11H7N3O2/c15-11(16)8-5-7-3-1-2-4-9(7)14-6-12-13-10(8)14/h1-6H,(H,15,16). The molecule has 3 rings (SSSR count). The molecule has 0 radical (unpaired) electrons. The number of carboxylic acids is 1. The van der Waals surface area contributed by atoms with Gasteiger partial charge in [0.05, 0.1) is 5.52 Å². The molecule has 0 aliphatic carbocycles. The maximum Gasteiger partial charge on any atom is 0.339 e. The minimum atomic E-state index is -0.997. The average Bonchev–Trinajstić information content (AvgIpc) is 2.76. The van der Waals surface area contributed by atoms with Gasteiger partial charge in [-0.15, -0.1) is 10.2 Å². The van der Waals surface area contributed by atoms with Crippen LogP contribution in [0.5, 0.6) is 0 Å². The lowest BCUT2D eigenvalue weighted by molar-refractivity contribution is 0.0698. The van der Waals surface area contributed by atoms with Crippen LogP contribution in [0.2, 0.25) is 0 Å². The van der Waals surface area contributed by atoms with Crippen molar-refractivity contribution >= 4 is 22.5 Å². The summed E-state index contributed by atoms with van der Waals surface area (Å²) in [6.45, 7) is 0. The van der Waals surface area contributed by atoms with Gasteiger partial charge >= 0.3 is 5.97 Å². The predicted molar refractivity (Wildman–Crippen MR) is 57.5 cm³/mol. The summed E-state index contributed by atoms with van der Waals surface area (Å²) in [4.78, 5) is 11.1. The van der Waals surface area contributed by atoms with E-state index < -0.39 is 5.97 Å². The lowest BCUT2D eigenvalue weighted by Gasteiger charge is -2.03. The van der Waals surface area contributed by atoms with Gasteiger partial charge in [-0.05, 0) is 17.5 Å². The number of benzene rings is 1. The molecule has 1 N–H and O–H groups in total. The molecule has 0 unspecified atom stereocenters. The minimum absolute atomic E-state index is 0.163. The molecule has 0 fully saturated rings. The Kier molecular flexibility index (Phi) is 1.67. The number of hydrogen-bond acceptors (Lipinski definition) is 3. The van der Waals surface area contributed by atoms with Crippen molar-refractivity contribution in [3.63, 3.8) is 0 Å². The largest absolute Gasteiger partial charge is 0.478 e. The molecule has 0 spiro atoms. The Balaban J connectivity index is 2.58. The van der Waals surface area contributed by atoms with Crippen LogP contribution in [0.4, 0.5) is 0 Å². The number of para-hydroxylation sites is 1. The van der Waals surface area contributed by atoms with Crippen LogP contribution in [0.1, 0.15) is 10.4 Å². The first-order valence-corrected chi connectivity index (χ1v) is 4.72. The van der Waals surface area contributed by atoms with E-state index in [1.807, 2.05) is 24.3 Å². The number of nitrogens with zero attached hydrogens (tertiary/aromatic N) is 3. The van der Waals surface area contributed by atoms with Gasteiger partial charge in [-0.25, -0.2) is 4.79 Å². The van der Waals surface area contributed by atoms with Crippen LogP contribution < -0.4 is 0 Å². The van der Waals surface area contributed by atoms with Crippen molar-refractivity contribution in [1.29, 1.82) is 0 Å². The number of fused-ring (bicyclic) bond motifs is 3. The quantitative estimate of drug-likeness (QED) is 0.666. The van der Waals surface area contributed by atoms with Gasteiger partial charge in [0.25, 0.3) is 0 Å². The lowest BCUT2D eigenvalue weighted by atomic mass is 10.1. The first kappa shape index (κ1) is 8.84. The maximum atomic E-state index is 11.1. The van der Waals surface area contributed by atoms with Gasteiger partial charge in [-0.2, -0.15) is 0 Å². The fraction of sp³-hybridized carbons (Fsp3) is 0. The fourth-order valence-corrected chi connectivity index (χ4v) is 1.80. The van der Waals surface area contributed by atoms with Gasteiger partial charge in [0.15, 0.2) is 5.65 Å². The number of carboxylic acid groups (broad SMARTS) is 1. The molecule has 0 saturated heterocycles. The van der Waals surface area contributed by atoms with Gasteiger partial charge in [0, 0.05) is 0 Å². The summed E-state index contributed by atoms with van der Waals surface area (Å²) >= 11 is 0. The molecule has 5 heteroatoms. The normalized spacial score (nSPS) is 11.0. The maximum absolute atomic E-state index is 11.1. The van der Waals surface area contributed by atoms with Crippen LogP contribution in [0.15, 0.2) is 36.7 Å². The predicted octanol–water partition coefficient (Wildman–Crippen LogP) is 1.58. The van der Waals surface area contributed by atoms with E-state index >= 15 is 0 Å². The van der Waals surface area contributed by atoms with Crippen LogP contribution in [-0.4, -0.2) is 25.7 Å². The highest BCUT2D eigenvalue weighted by Gasteiger charge is 2.13. The molecule has 3 aromatic rings. The van der Waals surface area contributed by atoms with E-state index in [1.54, 1.807) is 10.5 Å². The van der Waals surface area contributed by atoms with E-state index in [2.05, 4.69) is 10.2 Å². The molecule has 0 aliphatic heterocycles. The van der Waals surface area contributed by atoms with Gasteiger partial charge in [0.1, 0.15) is 11.9 Å². The first-order valence-electron chi connectivity index (χ1n) is 4.72. The van der Waals surface area contributed by atoms with Crippen molar-refractivity contribution < 1.29 is 9.90 Å². The van der Waals surface area contributed by atoms with Crippen LogP contribution in [0, 0.1) is 0 Å². The van der Waals surface area contributed by atoms with Crippen LogP contribution in [-0.2, 0) is 0 Å². The second-order valence-corrected chi connectivity index (χ2v) is 3.45. The smallest absolute Gasteiger partial charge is 0.339 e. The molecule has 78 valence electrons. The van der Waals surface area contributed by atoms with Crippen molar-refractivity contribution in [3.8, 4) is 0 Å². The highest BCUT2D eigenvalue weighted by atomic mass is 16.4. The lowest BCUT2D eigenvalue weighted by Crippen LogP contribution is -2.01. The summed E-state index contributed by atoms with van der Waals surface area (Å²) < 4.78 is 1.68. The molecule has 0 amide bonds. The zero-order valence-electron chi connectivity index (χ0n) is 8.16. The van der Waals surface area contributed by atoms with Crippen molar-refractivity contribution in [2.45, 2.75) is 0 Å². The Morgan fingerprint density at radius 3 is 2.94 bits per heavy atom. The van der Waals surface area contributed by atoms with E-state index in [4.69, 9.17) is 5.11 Å². The number of pyridine rings is 1. The van der Waals surface area contributed by atoms with E-state index in [1.165, 1.54) is 6.33 Å². The van der Waals surface area contributed by atoms with Crippen LogP contribution in [0.25, 0.3) is 16.6 Å². The monoisotopic (exact) mass is 213 g/mol. The number of aromatic carboxylic acids is 1. The Labute approximate surface area is 90.0 Å². The molecular formula is C11H7N3O2. The Bertz CT molecular complexity index is 703. The summed E-state index contributed by atoms with van der Waals surface area (Å²) in [6, 6.07) is 9.13. The summed E-state index contributed by atoms with van der Waals surface area (Å²) in [7, 11) is 0. The van der Waals surface area contributed by atoms with Crippen molar-refractivity contribution in [3.05, 3.63) is 42.2 Å². The molecule has 0 atom stereocenters. The third-order valence-electron chi connectivity index (χ3n) is 2.52. The summed E-state index contributed by atoms with van der Waals surface area (Å²) in [5.41, 5.74) is 1.43. The van der Waals surface area contributed by atoms with E-state index in [0.29, 0.717) is 5.65 Å². The van der Waals surface area contributed by atoms with Gasteiger partial charge in [-0.3, -0.25) is 4.40 Å². The average molecular weight is 213 g/mol. The molecule has 2 heterocycles. The van der Waals surface area contributed by atoms with E-state index in [9.17, 15) is 4.79 Å². The van der Waals surface area contributed by atoms with Crippen molar-refractivity contribution in [2.24, 2.45) is 0 Å². The summed E-state index contributed by atoms with van der Waals surface area (Å²) in [6.07, 6.45) is 1.52. The molecule has 1 aromatic carbocycles. The van der Waals surface area contributed by atoms with Crippen LogP contribution in [0.3, 0.4) is 0 Å². The second-order valence-electron chi connectivity index (χ2n) is 3.45. The zero-order chi connectivity index (χ0) is 11.1. The Hall–Kier alpha value is -2.43. The molecule has 5 nitrogen and oxygen atoms in total. The van der Waals surface area contributed by atoms with Gasteiger partial charge in [0.2, 0.25) is 0 Å². The van der Waals surface area contributed by atoms with Gasteiger partial charge in [-0.1, -0.05) is 18.2 Å². The van der Waals surface area contributed by atoms with E-state index in [0.717, 1.165) is 10.9 Å². The highest BCUT2D eigenvalue weighted by Crippen LogP contribution is 2.19. The van der Waals surface area contributed by atoms with E-state index in [-0.39, 0.29) is 5.56 Å². The fourth-order valence-electron chi connectivity index (χ4n) is 1.80. The molecule has 0 saturated carbocycles.